The third-order valence-corrected chi connectivity index (χ3v) is 5.40. The van der Waals surface area contributed by atoms with E-state index in [4.69, 9.17) is 4.74 Å². The number of sulfone groups is 1. The molecule has 2 amide bonds. The average Bonchev–Trinajstić information content (AvgIpc) is 2.67. The van der Waals surface area contributed by atoms with Gasteiger partial charge in [0.25, 0.3) is 0 Å². The molecule has 0 heterocycles. The Morgan fingerprint density at radius 1 is 1.16 bits per heavy atom. The van der Waals surface area contributed by atoms with Gasteiger partial charge in [0.1, 0.15) is 17.5 Å². The molecule has 0 aliphatic heterocycles. The zero-order chi connectivity index (χ0) is 24.1. The summed E-state index contributed by atoms with van der Waals surface area (Å²) in [6.45, 7) is 4.59. The van der Waals surface area contributed by atoms with E-state index in [0.717, 1.165) is 12.3 Å². The van der Waals surface area contributed by atoms with Gasteiger partial charge in [-0.1, -0.05) is 24.3 Å². The number of amides is 2. The van der Waals surface area contributed by atoms with Crippen molar-refractivity contribution in [1.29, 1.82) is 0 Å². The molecule has 0 unspecified atom stereocenters. The van der Waals surface area contributed by atoms with Gasteiger partial charge in [-0.15, -0.1) is 0 Å². The third-order valence-electron chi connectivity index (χ3n) is 4.25. The normalized spacial score (nSPS) is 12.7. The topological polar surface area (TPSA) is 122 Å². The Kier molecular flexibility index (Phi) is 7.97. The van der Waals surface area contributed by atoms with Crippen molar-refractivity contribution in [2.24, 2.45) is 0 Å². The molecule has 8 nitrogen and oxygen atoms in total. The molecule has 10 heteroatoms. The molecule has 0 spiro atoms. The fourth-order valence-corrected chi connectivity index (χ4v) is 3.79. The van der Waals surface area contributed by atoms with Gasteiger partial charge in [0.05, 0.1) is 10.6 Å². The van der Waals surface area contributed by atoms with Crippen molar-refractivity contribution >= 4 is 27.5 Å². The lowest BCUT2D eigenvalue weighted by molar-refractivity contribution is -0.118. The predicted molar refractivity (Wildman–Crippen MR) is 118 cm³/mol. The molecule has 0 aromatic heterocycles. The van der Waals surface area contributed by atoms with E-state index in [1.165, 1.54) is 18.2 Å². The second kappa shape index (κ2) is 10.1. The van der Waals surface area contributed by atoms with Crippen LogP contribution in [-0.2, 0) is 19.4 Å². The quantitative estimate of drug-likeness (QED) is 0.576. The van der Waals surface area contributed by atoms with Gasteiger partial charge in [-0.2, -0.15) is 0 Å². The number of hydrogen-bond donors (Lipinski definition) is 3. The minimum Gasteiger partial charge on any atom is -0.444 e. The van der Waals surface area contributed by atoms with E-state index >= 15 is 0 Å². The maximum Gasteiger partial charge on any atom is 0.408 e. The van der Waals surface area contributed by atoms with Crippen molar-refractivity contribution < 1.29 is 32.2 Å². The zero-order valence-corrected chi connectivity index (χ0v) is 19.1. The summed E-state index contributed by atoms with van der Waals surface area (Å²) in [5, 5.41) is 13.9. The molecule has 0 bridgehead atoms. The number of benzene rings is 2. The summed E-state index contributed by atoms with van der Waals surface area (Å²) in [5.41, 5.74) is -0.296. The highest BCUT2D eigenvalue weighted by Crippen LogP contribution is 2.29. The minimum absolute atomic E-state index is 0.0563. The van der Waals surface area contributed by atoms with Gasteiger partial charge in [-0.3, -0.25) is 4.79 Å². The van der Waals surface area contributed by atoms with Crippen LogP contribution in [0.1, 0.15) is 27.2 Å². The molecule has 0 aliphatic rings. The van der Waals surface area contributed by atoms with E-state index in [9.17, 15) is 27.5 Å². The van der Waals surface area contributed by atoms with Gasteiger partial charge < -0.3 is 20.5 Å². The molecule has 0 saturated heterocycles. The monoisotopic (exact) mass is 466 g/mol. The number of carbonyl (C=O) groups excluding carboxylic acids is 2. The molecule has 0 fully saturated rings. The molecule has 3 N–H and O–H groups in total. The summed E-state index contributed by atoms with van der Waals surface area (Å²) in [5.74, 6) is -1.53. The largest absolute Gasteiger partial charge is 0.444 e. The third kappa shape index (κ3) is 7.03. The molecule has 1 atom stereocenters. The highest BCUT2D eigenvalue weighted by molar-refractivity contribution is 7.90. The van der Waals surface area contributed by atoms with Gasteiger partial charge in [0, 0.05) is 18.4 Å². The van der Waals surface area contributed by atoms with Crippen LogP contribution in [0, 0.1) is 5.82 Å². The molecule has 2 rings (SSSR count). The number of aliphatic hydroxyl groups is 1. The van der Waals surface area contributed by atoms with E-state index < -0.39 is 45.9 Å². The molecular weight excluding hydrogens is 439 g/mol. The maximum absolute atomic E-state index is 14.7. The molecular formula is C22H27FN2O6S. The maximum atomic E-state index is 14.7. The van der Waals surface area contributed by atoms with E-state index in [2.05, 4.69) is 10.6 Å². The van der Waals surface area contributed by atoms with Crippen LogP contribution in [0.25, 0.3) is 11.1 Å². The van der Waals surface area contributed by atoms with Crippen LogP contribution in [0.3, 0.4) is 0 Å². The van der Waals surface area contributed by atoms with Gasteiger partial charge in [-0.05, 0) is 51.0 Å². The highest BCUT2D eigenvalue weighted by atomic mass is 32.2. The van der Waals surface area contributed by atoms with Crippen molar-refractivity contribution in [3.8, 4) is 11.1 Å². The second-order valence-electron chi connectivity index (χ2n) is 8.16. The Balaban J connectivity index is 2.23. The van der Waals surface area contributed by atoms with Gasteiger partial charge >= 0.3 is 6.09 Å². The first-order valence-electron chi connectivity index (χ1n) is 9.82. The number of rotatable bonds is 7. The Labute approximate surface area is 186 Å². The van der Waals surface area contributed by atoms with Gasteiger partial charge in [-0.25, -0.2) is 17.6 Å². The highest BCUT2D eigenvalue weighted by Gasteiger charge is 2.25. The first kappa shape index (κ1) is 25.3. The summed E-state index contributed by atoms with van der Waals surface area (Å²) >= 11 is 0. The number of nitrogens with one attached hydrogen (secondary N) is 2. The van der Waals surface area contributed by atoms with Crippen molar-refractivity contribution in [1.82, 2.24) is 5.32 Å². The van der Waals surface area contributed by atoms with Crippen LogP contribution < -0.4 is 10.6 Å². The first-order chi connectivity index (χ1) is 14.8. The molecule has 0 saturated carbocycles. The van der Waals surface area contributed by atoms with E-state index in [1.54, 1.807) is 39.0 Å². The van der Waals surface area contributed by atoms with Gasteiger partial charge in [0.15, 0.2) is 9.84 Å². The molecule has 2 aromatic carbocycles. The fourth-order valence-electron chi connectivity index (χ4n) is 2.88. The predicted octanol–water partition coefficient (Wildman–Crippen LogP) is 3.11. The number of alkyl carbamates (subject to hydrolysis) is 1. The second-order valence-corrected chi connectivity index (χ2v) is 10.1. The fraction of sp³-hybridized carbons (Fsp3) is 0.364. The Bertz CT molecular complexity index is 1100. The molecule has 0 aliphatic carbocycles. The average molecular weight is 467 g/mol. The smallest absolute Gasteiger partial charge is 0.408 e. The van der Waals surface area contributed by atoms with Crippen LogP contribution in [0.5, 0.6) is 0 Å². The van der Waals surface area contributed by atoms with E-state index in [-0.39, 0.29) is 17.0 Å². The van der Waals surface area contributed by atoms with E-state index in [0.29, 0.717) is 11.1 Å². The van der Waals surface area contributed by atoms with E-state index in [1.807, 2.05) is 0 Å². The summed E-state index contributed by atoms with van der Waals surface area (Å²) < 4.78 is 43.9. The number of aliphatic hydroxyl groups excluding tert-OH is 1. The lowest BCUT2D eigenvalue weighted by atomic mass is 10.0. The van der Waals surface area contributed by atoms with Crippen molar-refractivity contribution in [2.75, 3.05) is 18.2 Å². The molecule has 2 aromatic rings. The molecule has 32 heavy (non-hydrogen) atoms. The minimum atomic E-state index is -3.53. The number of halogens is 1. The van der Waals surface area contributed by atoms with Crippen LogP contribution in [0.15, 0.2) is 47.4 Å². The first-order valence-corrected chi connectivity index (χ1v) is 11.7. The lowest BCUT2D eigenvalue weighted by Gasteiger charge is -2.23. The van der Waals surface area contributed by atoms with Crippen molar-refractivity contribution in [2.45, 2.75) is 43.7 Å². The number of carbonyl (C=O) groups is 2. The Morgan fingerprint density at radius 3 is 2.38 bits per heavy atom. The van der Waals surface area contributed by atoms with Crippen LogP contribution in [-0.4, -0.2) is 50.0 Å². The van der Waals surface area contributed by atoms with Crippen LogP contribution in [0.4, 0.5) is 14.9 Å². The standard InChI is InChI=1S/C22H27FN2O6S/c1-22(2,3)31-21(28)25-18(11-12-26)20(27)24-17-10-9-14(13-16(17)23)15-7-5-6-8-19(15)32(4,29)30/h5-10,13,18,26H,11-12H2,1-4H3,(H,24,27)(H,25,28)/t18-/m0/s1. The van der Waals surface area contributed by atoms with Crippen LogP contribution >= 0.6 is 0 Å². The Morgan fingerprint density at radius 2 is 1.81 bits per heavy atom. The SMILES string of the molecule is CC(C)(C)OC(=O)N[C@@H](CCO)C(=O)Nc1ccc(-c2ccccc2S(C)(=O)=O)cc1F. The lowest BCUT2D eigenvalue weighted by Crippen LogP contribution is -2.46. The summed E-state index contributed by atoms with van der Waals surface area (Å²) in [4.78, 5) is 24.6. The number of hydrogen-bond acceptors (Lipinski definition) is 6. The number of anilines is 1. The summed E-state index contributed by atoms with van der Waals surface area (Å²) in [6, 6.07) is 8.94. The molecule has 0 radical (unpaired) electrons. The van der Waals surface area contributed by atoms with Crippen molar-refractivity contribution in [3.05, 3.63) is 48.3 Å². The zero-order valence-electron chi connectivity index (χ0n) is 18.3. The van der Waals surface area contributed by atoms with Crippen LogP contribution in [0.2, 0.25) is 0 Å². The number of ether oxygens (including phenoxy) is 1. The summed E-state index contributed by atoms with van der Waals surface area (Å²) in [7, 11) is -3.53. The molecule has 174 valence electrons. The van der Waals surface area contributed by atoms with Gasteiger partial charge in [0.2, 0.25) is 5.91 Å². The Hall–Kier alpha value is -2.98. The van der Waals surface area contributed by atoms with Crippen molar-refractivity contribution in [3.63, 3.8) is 0 Å². The summed E-state index contributed by atoms with van der Waals surface area (Å²) in [6.07, 6.45) is 0.113.